The number of aryl methyl sites for hydroxylation is 1. The number of nitrogens with zero attached hydrogens (tertiary/aromatic N) is 1. The van der Waals surface area contributed by atoms with Gasteiger partial charge in [0.1, 0.15) is 10.0 Å². The van der Waals surface area contributed by atoms with Crippen LogP contribution >= 0.6 is 22.7 Å². The van der Waals surface area contributed by atoms with Gasteiger partial charge < -0.3 is 10.6 Å². The third-order valence-electron chi connectivity index (χ3n) is 5.86. The molecule has 1 aliphatic heterocycles. The highest BCUT2D eigenvalue weighted by atomic mass is 32.1. The maximum Gasteiger partial charge on any atom is 0.256 e. The van der Waals surface area contributed by atoms with E-state index in [1.807, 2.05) is 43.3 Å². The molecule has 0 saturated heterocycles. The highest BCUT2D eigenvalue weighted by molar-refractivity contribution is 7.23. The molecule has 1 amide bonds. The molecule has 0 unspecified atom stereocenters. The van der Waals surface area contributed by atoms with E-state index < -0.39 is 0 Å². The Morgan fingerprint density at radius 2 is 1.84 bits per heavy atom. The quantitative estimate of drug-likeness (QED) is 0.355. The minimum absolute atomic E-state index is 0.0547. The van der Waals surface area contributed by atoms with E-state index in [2.05, 4.69) is 50.5 Å². The van der Waals surface area contributed by atoms with E-state index in [1.165, 1.54) is 10.4 Å². The van der Waals surface area contributed by atoms with Crippen molar-refractivity contribution in [1.82, 2.24) is 10.3 Å². The van der Waals surface area contributed by atoms with Crippen molar-refractivity contribution < 1.29 is 4.79 Å². The summed E-state index contributed by atoms with van der Waals surface area (Å²) in [6.07, 6.45) is 0.883. The Kier molecular flexibility index (Phi) is 5.00. The van der Waals surface area contributed by atoms with Crippen LogP contribution in [0, 0.1) is 6.92 Å². The SMILES string of the molecule is Cc1cccc(C(=O)Nc2sc3c(c2-c2nc4ccccc4s2)CC(C)(C)NC3(C)C)c1. The van der Waals surface area contributed by atoms with Gasteiger partial charge in [-0.05, 0) is 70.9 Å². The number of aromatic nitrogens is 1. The summed E-state index contributed by atoms with van der Waals surface area (Å²) in [6.45, 7) is 10.9. The fourth-order valence-electron chi connectivity index (χ4n) is 4.78. The van der Waals surface area contributed by atoms with Gasteiger partial charge in [0, 0.05) is 27.1 Å². The molecule has 0 fully saturated rings. The number of anilines is 1. The maximum absolute atomic E-state index is 13.2. The number of amides is 1. The van der Waals surface area contributed by atoms with E-state index in [9.17, 15) is 4.79 Å². The minimum Gasteiger partial charge on any atom is -0.313 e. The van der Waals surface area contributed by atoms with Gasteiger partial charge in [0.25, 0.3) is 5.91 Å². The highest BCUT2D eigenvalue weighted by Gasteiger charge is 2.41. The largest absolute Gasteiger partial charge is 0.313 e. The fourth-order valence-corrected chi connectivity index (χ4v) is 7.17. The van der Waals surface area contributed by atoms with Crippen molar-refractivity contribution in [1.29, 1.82) is 0 Å². The molecular formula is C26H27N3OS2. The van der Waals surface area contributed by atoms with Crippen LogP contribution in [0.15, 0.2) is 48.5 Å². The molecular weight excluding hydrogens is 434 g/mol. The Morgan fingerprint density at radius 1 is 1.06 bits per heavy atom. The minimum atomic E-state index is -0.195. The van der Waals surface area contributed by atoms with E-state index >= 15 is 0 Å². The van der Waals surface area contributed by atoms with Crippen LogP contribution < -0.4 is 10.6 Å². The van der Waals surface area contributed by atoms with Crippen LogP contribution in [-0.2, 0) is 12.0 Å². The van der Waals surface area contributed by atoms with Crippen LogP contribution in [0.4, 0.5) is 5.00 Å². The molecule has 0 atom stereocenters. The normalized spacial score (nSPS) is 16.7. The molecule has 4 nitrogen and oxygen atoms in total. The molecule has 2 aromatic carbocycles. The van der Waals surface area contributed by atoms with Crippen molar-refractivity contribution in [3.63, 3.8) is 0 Å². The first-order valence-corrected chi connectivity index (χ1v) is 12.5. The number of para-hydroxylation sites is 1. The summed E-state index contributed by atoms with van der Waals surface area (Å²) < 4.78 is 1.16. The molecule has 4 aromatic rings. The molecule has 32 heavy (non-hydrogen) atoms. The summed E-state index contributed by atoms with van der Waals surface area (Å²) in [4.78, 5) is 19.4. The van der Waals surface area contributed by atoms with Crippen LogP contribution in [0.3, 0.4) is 0 Å². The lowest BCUT2D eigenvalue weighted by Gasteiger charge is -2.42. The second-order valence-electron chi connectivity index (χ2n) is 9.73. The number of hydrogen-bond donors (Lipinski definition) is 2. The number of carbonyl (C=O) groups is 1. The van der Waals surface area contributed by atoms with Crippen LogP contribution in [-0.4, -0.2) is 16.4 Å². The summed E-state index contributed by atoms with van der Waals surface area (Å²) in [5.74, 6) is -0.0836. The van der Waals surface area contributed by atoms with Gasteiger partial charge in [0.2, 0.25) is 0 Å². The Morgan fingerprint density at radius 3 is 2.59 bits per heavy atom. The average molecular weight is 462 g/mol. The van der Waals surface area contributed by atoms with Gasteiger partial charge in [0.05, 0.1) is 10.2 Å². The zero-order valence-corrected chi connectivity index (χ0v) is 20.6. The van der Waals surface area contributed by atoms with Gasteiger partial charge in [-0.2, -0.15) is 0 Å². The van der Waals surface area contributed by atoms with Crippen LogP contribution in [0.2, 0.25) is 0 Å². The predicted octanol–water partition coefficient (Wildman–Crippen LogP) is 6.74. The Balaban J connectivity index is 1.68. The van der Waals surface area contributed by atoms with Crippen molar-refractivity contribution in [3.05, 3.63) is 70.1 Å². The molecule has 6 heteroatoms. The molecule has 5 rings (SSSR count). The molecule has 2 aromatic heterocycles. The smallest absolute Gasteiger partial charge is 0.256 e. The van der Waals surface area contributed by atoms with E-state index in [-0.39, 0.29) is 17.0 Å². The molecule has 1 aliphatic rings. The maximum atomic E-state index is 13.2. The highest BCUT2D eigenvalue weighted by Crippen LogP contribution is 2.50. The first-order valence-electron chi connectivity index (χ1n) is 10.8. The third kappa shape index (κ3) is 3.76. The molecule has 164 valence electrons. The Hall–Kier alpha value is -2.54. The van der Waals surface area contributed by atoms with Crippen molar-refractivity contribution in [2.75, 3.05) is 5.32 Å². The van der Waals surface area contributed by atoms with Gasteiger partial charge in [-0.3, -0.25) is 4.79 Å². The number of nitrogens with one attached hydrogen (secondary N) is 2. The summed E-state index contributed by atoms with van der Waals surface area (Å²) in [5, 5.41) is 8.87. The van der Waals surface area contributed by atoms with Crippen LogP contribution in [0.25, 0.3) is 20.8 Å². The molecule has 2 N–H and O–H groups in total. The van der Waals surface area contributed by atoms with Crippen LogP contribution in [0.5, 0.6) is 0 Å². The van der Waals surface area contributed by atoms with E-state index in [1.54, 1.807) is 22.7 Å². The van der Waals surface area contributed by atoms with Crippen molar-refractivity contribution in [2.45, 2.75) is 52.1 Å². The van der Waals surface area contributed by atoms with Gasteiger partial charge >= 0.3 is 0 Å². The zero-order chi connectivity index (χ0) is 22.7. The first kappa shape index (κ1) is 21.3. The van der Waals surface area contributed by atoms with Crippen molar-refractivity contribution >= 4 is 43.8 Å². The lowest BCUT2D eigenvalue weighted by molar-refractivity contribution is 0.102. The number of hydrogen-bond acceptors (Lipinski definition) is 5. The first-order chi connectivity index (χ1) is 15.1. The predicted molar refractivity (Wildman–Crippen MR) is 136 cm³/mol. The molecule has 3 heterocycles. The second-order valence-corrected chi connectivity index (χ2v) is 11.8. The van der Waals surface area contributed by atoms with Gasteiger partial charge in [-0.1, -0.05) is 29.8 Å². The molecule has 0 bridgehead atoms. The fraction of sp³-hybridized carbons (Fsp3) is 0.308. The van der Waals surface area contributed by atoms with Crippen LogP contribution in [0.1, 0.15) is 54.1 Å². The number of thiazole rings is 1. The summed E-state index contributed by atoms with van der Waals surface area (Å²) in [6, 6.07) is 15.9. The second kappa shape index (κ2) is 7.51. The van der Waals surface area contributed by atoms with Crippen molar-refractivity contribution in [2.24, 2.45) is 0 Å². The molecule has 0 aliphatic carbocycles. The number of benzene rings is 2. The number of fused-ring (bicyclic) bond motifs is 2. The topological polar surface area (TPSA) is 54.0 Å². The van der Waals surface area contributed by atoms with Gasteiger partial charge in [0.15, 0.2) is 0 Å². The number of thiophene rings is 1. The summed E-state index contributed by atoms with van der Waals surface area (Å²) in [5.41, 5.74) is 4.86. The number of carbonyl (C=O) groups excluding carboxylic acids is 1. The Bertz CT molecular complexity index is 1310. The lowest BCUT2D eigenvalue weighted by atomic mass is 9.81. The lowest BCUT2D eigenvalue weighted by Crippen LogP contribution is -2.54. The monoisotopic (exact) mass is 461 g/mol. The summed E-state index contributed by atoms with van der Waals surface area (Å²) >= 11 is 3.37. The Labute approximate surface area is 196 Å². The van der Waals surface area contributed by atoms with E-state index in [0.717, 1.165) is 37.8 Å². The van der Waals surface area contributed by atoms with Crippen molar-refractivity contribution in [3.8, 4) is 10.6 Å². The third-order valence-corrected chi connectivity index (χ3v) is 8.38. The average Bonchev–Trinajstić information content (AvgIpc) is 3.27. The van der Waals surface area contributed by atoms with Gasteiger partial charge in [-0.25, -0.2) is 4.98 Å². The van der Waals surface area contributed by atoms with E-state index in [4.69, 9.17) is 4.98 Å². The zero-order valence-electron chi connectivity index (χ0n) is 19.0. The van der Waals surface area contributed by atoms with E-state index in [0.29, 0.717) is 5.56 Å². The molecule has 0 saturated carbocycles. The molecule has 0 radical (unpaired) electrons. The standard InChI is InChI=1S/C26H27N3OS2/c1-15-9-8-10-16(13-15)22(30)28-24-20(23-27-18-11-6-7-12-19(18)31-23)17-14-25(2,3)29-26(4,5)21(17)32-24/h6-13,29H,14H2,1-5H3,(H,28,30). The number of rotatable bonds is 3. The van der Waals surface area contributed by atoms with Gasteiger partial charge in [-0.15, -0.1) is 22.7 Å². The summed E-state index contributed by atoms with van der Waals surface area (Å²) in [7, 11) is 0. The molecule has 0 spiro atoms.